The molecule has 0 N–H and O–H groups in total. The lowest BCUT2D eigenvalue weighted by atomic mass is 10.1. The van der Waals surface area contributed by atoms with Gasteiger partial charge in [-0.3, -0.25) is 4.79 Å². The third kappa shape index (κ3) is 4.59. The molecule has 0 saturated carbocycles. The Bertz CT molecular complexity index is 644. The van der Waals surface area contributed by atoms with Crippen molar-refractivity contribution < 1.29 is 13.2 Å². The van der Waals surface area contributed by atoms with Gasteiger partial charge in [-0.05, 0) is 30.5 Å². The zero-order valence-electron chi connectivity index (χ0n) is 12.5. The lowest BCUT2D eigenvalue weighted by Crippen LogP contribution is -2.31. The highest BCUT2D eigenvalue weighted by atomic mass is 35.7. The van der Waals surface area contributed by atoms with Gasteiger partial charge in [0.1, 0.15) is 0 Å². The van der Waals surface area contributed by atoms with Crippen LogP contribution >= 0.6 is 22.3 Å². The molecule has 1 unspecified atom stereocenters. The molecule has 1 rings (SSSR count). The van der Waals surface area contributed by atoms with Crippen LogP contribution in [0.3, 0.4) is 0 Å². The van der Waals surface area contributed by atoms with Gasteiger partial charge in [0.05, 0.1) is 4.90 Å². The number of hydrogen-bond acceptors (Lipinski definition) is 3. The Morgan fingerprint density at radius 3 is 2.43 bits per heavy atom. The smallest absolute Gasteiger partial charge is 0.261 e. The summed E-state index contributed by atoms with van der Waals surface area (Å²) in [6.07, 6.45) is 0.952. The SMILES string of the molecule is CCC(C)CN(C)C(=O)c1cc(Cl)c(C)c(S(=O)(=O)Cl)c1. The standard InChI is InChI=1S/C14H19Cl2NO3S/c1-5-9(2)8-17(4)14(18)11-6-12(15)10(3)13(7-11)21(16,19)20/h6-7,9H,5,8H2,1-4H3. The van der Waals surface area contributed by atoms with Crippen LogP contribution < -0.4 is 0 Å². The summed E-state index contributed by atoms with van der Waals surface area (Å²) in [6, 6.07) is 2.75. The van der Waals surface area contributed by atoms with Crippen molar-refractivity contribution in [3.05, 3.63) is 28.3 Å². The monoisotopic (exact) mass is 351 g/mol. The van der Waals surface area contributed by atoms with E-state index in [9.17, 15) is 13.2 Å². The first-order valence-electron chi connectivity index (χ1n) is 6.58. The normalized spacial score (nSPS) is 13.0. The van der Waals surface area contributed by atoms with Gasteiger partial charge in [-0.15, -0.1) is 0 Å². The van der Waals surface area contributed by atoms with Crippen molar-refractivity contribution in [1.82, 2.24) is 4.90 Å². The molecule has 0 saturated heterocycles. The van der Waals surface area contributed by atoms with Crippen molar-refractivity contribution in [2.24, 2.45) is 5.92 Å². The summed E-state index contributed by atoms with van der Waals surface area (Å²) in [4.78, 5) is 13.8. The molecule has 118 valence electrons. The summed E-state index contributed by atoms with van der Waals surface area (Å²) < 4.78 is 23.1. The van der Waals surface area contributed by atoms with Crippen LogP contribution in [0.1, 0.15) is 36.2 Å². The van der Waals surface area contributed by atoms with Crippen molar-refractivity contribution >= 4 is 37.2 Å². The molecule has 1 aromatic rings. The van der Waals surface area contributed by atoms with Gasteiger partial charge in [0, 0.05) is 34.9 Å². The van der Waals surface area contributed by atoms with Crippen LogP contribution in [0.15, 0.2) is 17.0 Å². The molecule has 0 aliphatic carbocycles. The third-order valence-electron chi connectivity index (χ3n) is 3.44. The Morgan fingerprint density at radius 2 is 1.95 bits per heavy atom. The molecule has 0 heterocycles. The van der Waals surface area contributed by atoms with Crippen LogP contribution in [-0.4, -0.2) is 32.8 Å². The number of benzene rings is 1. The van der Waals surface area contributed by atoms with Crippen LogP contribution in [0.25, 0.3) is 0 Å². The van der Waals surface area contributed by atoms with Crippen LogP contribution in [0.5, 0.6) is 0 Å². The van der Waals surface area contributed by atoms with Gasteiger partial charge in [-0.1, -0.05) is 31.9 Å². The highest BCUT2D eigenvalue weighted by Crippen LogP contribution is 2.28. The number of halogens is 2. The number of amides is 1. The van der Waals surface area contributed by atoms with E-state index in [1.54, 1.807) is 18.9 Å². The minimum atomic E-state index is -3.95. The van der Waals surface area contributed by atoms with E-state index in [2.05, 4.69) is 0 Å². The molecular formula is C14H19Cl2NO3S. The van der Waals surface area contributed by atoms with Crippen molar-refractivity contribution in [2.45, 2.75) is 32.1 Å². The maximum Gasteiger partial charge on any atom is 0.261 e. The first-order chi connectivity index (χ1) is 9.57. The Hall–Kier alpha value is -0.780. The number of carbonyl (C=O) groups is 1. The van der Waals surface area contributed by atoms with Gasteiger partial charge in [0.25, 0.3) is 15.0 Å². The van der Waals surface area contributed by atoms with Crippen molar-refractivity contribution in [3.63, 3.8) is 0 Å². The van der Waals surface area contributed by atoms with Gasteiger partial charge < -0.3 is 4.90 Å². The average Bonchev–Trinajstić information content (AvgIpc) is 2.39. The molecule has 4 nitrogen and oxygen atoms in total. The fourth-order valence-corrected chi connectivity index (χ4v) is 3.43. The Kier molecular flexibility index (Phi) is 6.08. The van der Waals surface area contributed by atoms with Crippen LogP contribution in [-0.2, 0) is 9.05 Å². The Labute approximate surface area is 135 Å². The first-order valence-corrected chi connectivity index (χ1v) is 9.26. The molecule has 1 amide bonds. The minimum absolute atomic E-state index is 0.128. The minimum Gasteiger partial charge on any atom is -0.341 e. The molecule has 1 atom stereocenters. The molecule has 0 aliphatic rings. The van der Waals surface area contributed by atoms with Gasteiger partial charge in [0.15, 0.2) is 0 Å². The second-order valence-electron chi connectivity index (χ2n) is 5.22. The summed E-state index contributed by atoms with van der Waals surface area (Å²) in [5.41, 5.74) is 0.559. The number of rotatable bonds is 5. The van der Waals surface area contributed by atoms with E-state index in [1.807, 2.05) is 13.8 Å². The topological polar surface area (TPSA) is 54.5 Å². The maximum atomic E-state index is 12.4. The van der Waals surface area contributed by atoms with Crippen molar-refractivity contribution in [2.75, 3.05) is 13.6 Å². The summed E-state index contributed by atoms with van der Waals surface area (Å²) in [5, 5.41) is 0.206. The fourth-order valence-electron chi connectivity index (χ4n) is 1.93. The van der Waals surface area contributed by atoms with E-state index >= 15 is 0 Å². The lowest BCUT2D eigenvalue weighted by Gasteiger charge is -2.21. The van der Waals surface area contributed by atoms with E-state index in [0.717, 1.165) is 6.42 Å². The fraction of sp³-hybridized carbons (Fsp3) is 0.500. The van der Waals surface area contributed by atoms with Crippen LogP contribution in [0.4, 0.5) is 0 Å². The van der Waals surface area contributed by atoms with E-state index in [4.69, 9.17) is 22.3 Å². The summed E-state index contributed by atoms with van der Waals surface area (Å²) in [7, 11) is 3.12. The first kappa shape index (κ1) is 18.3. The van der Waals surface area contributed by atoms with Crippen LogP contribution in [0.2, 0.25) is 5.02 Å². The number of hydrogen-bond donors (Lipinski definition) is 0. The van der Waals surface area contributed by atoms with Crippen molar-refractivity contribution in [3.8, 4) is 0 Å². The van der Waals surface area contributed by atoms with E-state index in [0.29, 0.717) is 18.0 Å². The zero-order valence-corrected chi connectivity index (χ0v) is 14.8. The predicted octanol–water partition coefficient (Wildman–Crippen LogP) is 3.69. The van der Waals surface area contributed by atoms with Gasteiger partial charge in [0.2, 0.25) is 0 Å². The molecule has 0 radical (unpaired) electrons. The Morgan fingerprint density at radius 1 is 1.38 bits per heavy atom. The van der Waals surface area contributed by atoms with Gasteiger partial charge >= 0.3 is 0 Å². The molecule has 7 heteroatoms. The molecule has 0 fully saturated rings. The van der Waals surface area contributed by atoms with E-state index in [1.165, 1.54) is 12.1 Å². The average molecular weight is 352 g/mol. The molecule has 0 aromatic heterocycles. The second kappa shape index (κ2) is 6.99. The Balaban J connectivity index is 3.20. The highest BCUT2D eigenvalue weighted by Gasteiger charge is 2.21. The molecule has 0 aliphatic heterocycles. The quantitative estimate of drug-likeness (QED) is 0.760. The highest BCUT2D eigenvalue weighted by molar-refractivity contribution is 8.13. The van der Waals surface area contributed by atoms with Gasteiger partial charge in [-0.2, -0.15) is 0 Å². The maximum absolute atomic E-state index is 12.4. The number of carbonyl (C=O) groups excluding carboxylic acids is 1. The molecule has 0 spiro atoms. The molecule has 0 bridgehead atoms. The van der Waals surface area contributed by atoms with Crippen LogP contribution in [0, 0.1) is 12.8 Å². The van der Waals surface area contributed by atoms with E-state index < -0.39 is 9.05 Å². The van der Waals surface area contributed by atoms with Gasteiger partial charge in [-0.25, -0.2) is 8.42 Å². The lowest BCUT2D eigenvalue weighted by molar-refractivity contribution is 0.0774. The molecule has 21 heavy (non-hydrogen) atoms. The zero-order chi connectivity index (χ0) is 16.4. The third-order valence-corrected chi connectivity index (χ3v) is 5.28. The number of nitrogens with zero attached hydrogens (tertiary/aromatic N) is 1. The van der Waals surface area contributed by atoms with E-state index in [-0.39, 0.29) is 21.4 Å². The predicted molar refractivity (Wildman–Crippen MR) is 85.6 cm³/mol. The summed E-state index contributed by atoms with van der Waals surface area (Å²) in [5.74, 6) is 0.0786. The summed E-state index contributed by atoms with van der Waals surface area (Å²) in [6.45, 7) is 6.23. The molecule has 1 aromatic carbocycles. The summed E-state index contributed by atoms with van der Waals surface area (Å²) >= 11 is 6.01. The van der Waals surface area contributed by atoms with Crippen molar-refractivity contribution in [1.29, 1.82) is 0 Å². The molecular weight excluding hydrogens is 333 g/mol. The second-order valence-corrected chi connectivity index (χ2v) is 8.16. The largest absolute Gasteiger partial charge is 0.341 e.